The molecule has 0 saturated carbocycles. The molecule has 0 amide bonds. The van der Waals surface area contributed by atoms with E-state index in [-0.39, 0.29) is 12.0 Å². The van der Waals surface area contributed by atoms with E-state index in [4.69, 9.17) is 14.2 Å². The summed E-state index contributed by atoms with van der Waals surface area (Å²) >= 11 is 0. The fraction of sp³-hybridized carbons (Fsp3) is 0.368. The first-order valence-electron chi connectivity index (χ1n) is 7.83. The van der Waals surface area contributed by atoms with Crippen LogP contribution in [-0.4, -0.2) is 19.3 Å². The normalized spacial score (nSPS) is 31.5. The molecule has 0 radical (unpaired) electrons. The van der Waals surface area contributed by atoms with Crippen molar-refractivity contribution in [2.75, 3.05) is 13.2 Å². The molecule has 1 fully saturated rings. The van der Waals surface area contributed by atoms with Crippen molar-refractivity contribution < 1.29 is 14.2 Å². The molecule has 4 rings (SSSR count). The summed E-state index contributed by atoms with van der Waals surface area (Å²) in [5.74, 6) is 3.76. The van der Waals surface area contributed by atoms with Crippen LogP contribution in [0.1, 0.15) is 18.4 Å². The molecule has 1 aromatic rings. The van der Waals surface area contributed by atoms with E-state index in [0.29, 0.717) is 25.0 Å². The van der Waals surface area contributed by atoms with Crippen LogP contribution < -0.4 is 4.74 Å². The molecule has 4 atom stereocenters. The molecule has 0 aromatic heterocycles. The molecule has 114 valence electrons. The fourth-order valence-electron chi connectivity index (χ4n) is 3.74. The monoisotopic (exact) mass is 296 g/mol. The quantitative estimate of drug-likeness (QED) is 0.794. The van der Waals surface area contributed by atoms with E-state index in [1.54, 1.807) is 6.08 Å². The standard InChI is InChI=1S/C19H20O3/c1-3-8-20-13-9-12(2)18-17(10-13)21-11-15-14-6-4-5-7-16(14)22-19(15)18/h3-7,9-10,12,15,18-19H,1,8,11H2,2H3. The van der Waals surface area contributed by atoms with Crippen molar-refractivity contribution in [2.45, 2.75) is 18.9 Å². The third-order valence-corrected chi connectivity index (χ3v) is 4.74. The molecule has 22 heavy (non-hydrogen) atoms. The van der Waals surface area contributed by atoms with E-state index >= 15 is 0 Å². The van der Waals surface area contributed by atoms with Gasteiger partial charge in [0.15, 0.2) is 0 Å². The molecule has 3 nitrogen and oxygen atoms in total. The van der Waals surface area contributed by atoms with Gasteiger partial charge < -0.3 is 14.2 Å². The van der Waals surface area contributed by atoms with Crippen molar-refractivity contribution in [2.24, 2.45) is 11.8 Å². The number of hydrogen-bond acceptors (Lipinski definition) is 3. The number of para-hydroxylation sites is 1. The number of rotatable bonds is 3. The Bertz CT molecular complexity index is 658. The Hall–Kier alpha value is -2.16. The summed E-state index contributed by atoms with van der Waals surface area (Å²) in [5, 5.41) is 0. The van der Waals surface area contributed by atoms with Crippen molar-refractivity contribution in [3.63, 3.8) is 0 Å². The number of allylic oxidation sites excluding steroid dienone is 2. The van der Waals surface area contributed by atoms with Gasteiger partial charge in [0.2, 0.25) is 0 Å². The molecule has 1 aliphatic carbocycles. The number of fused-ring (bicyclic) bond motifs is 5. The molecule has 3 heteroatoms. The molecule has 0 spiro atoms. The van der Waals surface area contributed by atoms with Gasteiger partial charge in [0.05, 0.1) is 18.4 Å². The maximum atomic E-state index is 6.26. The van der Waals surface area contributed by atoms with Gasteiger partial charge in [-0.15, -0.1) is 0 Å². The summed E-state index contributed by atoms with van der Waals surface area (Å²) in [4.78, 5) is 0. The van der Waals surface area contributed by atoms with E-state index in [2.05, 4.69) is 37.8 Å². The first-order valence-corrected chi connectivity index (χ1v) is 7.83. The molecule has 4 unspecified atom stereocenters. The lowest BCUT2D eigenvalue weighted by Crippen LogP contribution is -2.41. The van der Waals surface area contributed by atoms with Gasteiger partial charge in [-0.25, -0.2) is 0 Å². The average Bonchev–Trinajstić information content (AvgIpc) is 2.91. The Morgan fingerprint density at radius 3 is 3.09 bits per heavy atom. The molecule has 3 aliphatic rings. The van der Waals surface area contributed by atoms with Crippen molar-refractivity contribution in [1.82, 2.24) is 0 Å². The Balaban J connectivity index is 1.62. The summed E-state index contributed by atoms with van der Waals surface area (Å²) in [7, 11) is 0. The van der Waals surface area contributed by atoms with Crippen molar-refractivity contribution in [1.29, 1.82) is 0 Å². The van der Waals surface area contributed by atoms with E-state index in [1.165, 1.54) is 5.56 Å². The summed E-state index contributed by atoms with van der Waals surface area (Å²) in [6, 6.07) is 8.31. The maximum absolute atomic E-state index is 6.26. The van der Waals surface area contributed by atoms with Gasteiger partial charge in [-0.05, 0) is 18.1 Å². The zero-order valence-electron chi connectivity index (χ0n) is 12.7. The molecule has 0 bridgehead atoms. The predicted octanol–water partition coefficient (Wildman–Crippen LogP) is 3.80. The summed E-state index contributed by atoms with van der Waals surface area (Å²) in [6.07, 6.45) is 6.08. The van der Waals surface area contributed by atoms with Crippen molar-refractivity contribution in [3.8, 4) is 5.75 Å². The van der Waals surface area contributed by atoms with E-state index < -0.39 is 0 Å². The maximum Gasteiger partial charge on any atom is 0.123 e. The van der Waals surface area contributed by atoms with Gasteiger partial charge in [0.1, 0.15) is 30.0 Å². The molecular weight excluding hydrogens is 276 g/mol. The van der Waals surface area contributed by atoms with Crippen LogP contribution in [0.2, 0.25) is 0 Å². The summed E-state index contributed by atoms with van der Waals surface area (Å²) < 4.78 is 18.0. The van der Waals surface area contributed by atoms with Crippen LogP contribution in [0.4, 0.5) is 0 Å². The SMILES string of the molecule is C=CCOC1=CC(C)C2C(=C1)OCC1c3ccccc3OC12. The Labute approximate surface area is 130 Å². The fourth-order valence-corrected chi connectivity index (χ4v) is 3.74. The number of benzene rings is 1. The second-order valence-corrected chi connectivity index (χ2v) is 6.14. The van der Waals surface area contributed by atoms with Crippen LogP contribution in [-0.2, 0) is 9.47 Å². The van der Waals surface area contributed by atoms with Crippen molar-refractivity contribution >= 4 is 0 Å². The van der Waals surface area contributed by atoms with Gasteiger partial charge in [-0.3, -0.25) is 0 Å². The van der Waals surface area contributed by atoms with E-state index in [0.717, 1.165) is 17.3 Å². The number of hydrogen-bond donors (Lipinski definition) is 0. The third-order valence-electron chi connectivity index (χ3n) is 4.74. The first-order chi connectivity index (χ1) is 10.8. The van der Waals surface area contributed by atoms with Crippen molar-refractivity contribution in [3.05, 3.63) is 66.2 Å². The van der Waals surface area contributed by atoms with Gasteiger partial charge >= 0.3 is 0 Å². The lowest BCUT2D eigenvalue weighted by Gasteiger charge is -2.39. The first kappa shape index (κ1) is 13.5. The van der Waals surface area contributed by atoms with Crippen LogP contribution in [0.3, 0.4) is 0 Å². The largest absolute Gasteiger partial charge is 0.497 e. The average molecular weight is 296 g/mol. The Morgan fingerprint density at radius 1 is 1.36 bits per heavy atom. The minimum absolute atomic E-state index is 0.157. The molecule has 1 saturated heterocycles. The predicted molar refractivity (Wildman–Crippen MR) is 84.5 cm³/mol. The molecular formula is C19H20O3. The smallest absolute Gasteiger partial charge is 0.123 e. The zero-order valence-corrected chi connectivity index (χ0v) is 12.7. The lowest BCUT2D eigenvalue weighted by molar-refractivity contribution is 0.00755. The van der Waals surface area contributed by atoms with Crippen LogP contribution in [0.5, 0.6) is 5.75 Å². The second-order valence-electron chi connectivity index (χ2n) is 6.14. The zero-order chi connectivity index (χ0) is 15.1. The third kappa shape index (κ3) is 2.04. The van der Waals surface area contributed by atoms with Crippen LogP contribution in [0, 0.1) is 11.8 Å². The minimum Gasteiger partial charge on any atom is -0.497 e. The van der Waals surface area contributed by atoms with E-state index in [1.807, 2.05) is 12.1 Å². The van der Waals surface area contributed by atoms with Crippen LogP contribution >= 0.6 is 0 Å². The lowest BCUT2D eigenvalue weighted by atomic mass is 9.76. The highest BCUT2D eigenvalue weighted by Gasteiger charge is 2.48. The molecule has 1 aromatic carbocycles. The van der Waals surface area contributed by atoms with E-state index in [9.17, 15) is 0 Å². The molecule has 0 N–H and O–H groups in total. The Morgan fingerprint density at radius 2 is 2.23 bits per heavy atom. The summed E-state index contributed by atoms with van der Waals surface area (Å²) in [5.41, 5.74) is 1.27. The highest BCUT2D eigenvalue weighted by Crippen LogP contribution is 2.49. The highest BCUT2D eigenvalue weighted by molar-refractivity contribution is 5.43. The van der Waals surface area contributed by atoms with Crippen LogP contribution in [0.15, 0.2) is 60.6 Å². The highest BCUT2D eigenvalue weighted by atomic mass is 16.5. The topological polar surface area (TPSA) is 27.7 Å². The summed E-state index contributed by atoms with van der Waals surface area (Å²) in [6.45, 7) is 7.08. The van der Waals surface area contributed by atoms with Gasteiger partial charge in [0.25, 0.3) is 0 Å². The van der Waals surface area contributed by atoms with Gasteiger partial charge in [-0.1, -0.05) is 37.8 Å². The van der Waals surface area contributed by atoms with Crippen LogP contribution in [0.25, 0.3) is 0 Å². The van der Waals surface area contributed by atoms with Gasteiger partial charge in [-0.2, -0.15) is 0 Å². The molecule has 2 aliphatic heterocycles. The minimum atomic E-state index is 0.157. The Kier molecular flexibility index (Phi) is 3.21. The molecule has 2 heterocycles. The number of ether oxygens (including phenoxy) is 3. The second kappa shape index (κ2) is 5.24. The van der Waals surface area contributed by atoms with Gasteiger partial charge in [0, 0.05) is 11.6 Å².